The summed E-state index contributed by atoms with van der Waals surface area (Å²) < 4.78 is 79.7. The van der Waals surface area contributed by atoms with Gasteiger partial charge in [0.2, 0.25) is 5.95 Å². The maximum atomic E-state index is 16.0. The molecule has 0 aliphatic carbocycles. The number of phosphoric acid groups is 1. The Labute approximate surface area is 253 Å². The molecule has 3 saturated heterocycles. The molecular weight excluding hydrogens is 672 g/mol. The monoisotopic (exact) mass is 694 g/mol. The van der Waals surface area contributed by atoms with E-state index in [-0.39, 0.29) is 34.1 Å². The lowest BCUT2D eigenvalue weighted by atomic mass is 10.1. The van der Waals surface area contributed by atoms with Gasteiger partial charge in [-0.25, -0.2) is 33.3 Å². The first kappa shape index (κ1) is 30.6. The van der Waals surface area contributed by atoms with Crippen LogP contribution in [0.25, 0.3) is 22.3 Å². The molecule has 20 nitrogen and oxygen atoms in total. The van der Waals surface area contributed by atoms with Crippen molar-refractivity contribution in [3.8, 4) is 0 Å². The summed E-state index contributed by atoms with van der Waals surface area (Å²) in [5.41, 5.74) is 10.6. The first-order chi connectivity index (χ1) is 21.3. The third-order valence-electron chi connectivity index (χ3n) is 7.23. The second kappa shape index (κ2) is 11.0. The van der Waals surface area contributed by atoms with Crippen molar-refractivity contribution in [2.24, 2.45) is 0 Å². The predicted molar refractivity (Wildman–Crippen MR) is 148 cm³/mol. The Morgan fingerprint density at radius 2 is 1.51 bits per heavy atom. The standard InChI is InChI=1S/C20H22F2N10O10P2S/c21-8-12-7(40-18(8)31-4-27-10-14(23)25-3-26-15(10)31)2-38-44(36,45)42-13-6(1-37-43(34,35)41-12)39-19(9(13)22)32-5-28-11-16(32)29-20(24)30-17(11)33/h3-9,12-13,18-19H,1-2H2,(H,34,35)(H,36,45)(H2,23,25,26)(H3,24,29,30,33)/t6-,7-,8-,9-,12-,13-,18-,19-,44?/m1/s1. The van der Waals surface area contributed by atoms with Gasteiger partial charge < -0.3 is 35.3 Å². The number of halogens is 2. The average Bonchev–Trinajstić information content (AvgIpc) is 3.72. The normalized spacial score (nSPS) is 37.7. The smallest absolute Gasteiger partial charge is 0.382 e. The van der Waals surface area contributed by atoms with E-state index < -0.39 is 82.5 Å². The fraction of sp³-hybridized carbons (Fsp3) is 0.500. The van der Waals surface area contributed by atoms with Crippen molar-refractivity contribution < 1.29 is 50.7 Å². The number of nitrogens with one attached hydrogen (secondary N) is 1. The van der Waals surface area contributed by atoms with E-state index in [9.17, 15) is 19.1 Å². The number of hydrogen-bond acceptors (Lipinski definition) is 16. The number of fused-ring (bicyclic) bond motifs is 4. The molecule has 7 N–H and O–H groups in total. The molecule has 7 heterocycles. The highest BCUT2D eigenvalue weighted by molar-refractivity contribution is 8.07. The number of aromatic nitrogens is 8. The van der Waals surface area contributed by atoms with Crippen LogP contribution < -0.4 is 17.0 Å². The summed E-state index contributed by atoms with van der Waals surface area (Å²) in [5.74, 6) is -0.271. The third-order valence-corrected chi connectivity index (χ3v) is 9.78. The van der Waals surface area contributed by atoms with Crippen LogP contribution in [0.15, 0.2) is 23.8 Å². The molecule has 3 aliphatic heterocycles. The number of hydrogen-bond donors (Lipinski definition) is 5. The van der Waals surface area contributed by atoms with Gasteiger partial charge in [0.15, 0.2) is 47.4 Å². The van der Waals surface area contributed by atoms with Gasteiger partial charge in [0.05, 0.1) is 25.9 Å². The third kappa shape index (κ3) is 5.42. The number of nitrogens with two attached hydrogens (primary N) is 2. The van der Waals surface area contributed by atoms with E-state index in [1.54, 1.807) is 0 Å². The highest BCUT2D eigenvalue weighted by Crippen LogP contribution is 2.54. The molecule has 45 heavy (non-hydrogen) atoms. The van der Waals surface area contributed by atoms with Crippen molar-refractivity contribution in [2.75, 3.05) is 24.7 Å². The average molecular weight is 694 g/mol. The summed E-state index contributed by atoms with van der Waals surface area (Å²) >= 11 is 5.10. The summed E-state index contributed by atoms with van der Waals surface area (Å²) in [6, 6.07) is 0. The number of H-pyrrole nitrogens is 1. The number of anilines is 2. The van der Waals surface area contributed by atoms with E-state index in [4.69, 9.17) is 50.8 Å². The Hall–Kier alpha value is -3.08. The Morgan fingerprint density at radius 1 is 0.911 bits per heavy atom. The zero-order valence-corrected chi connectivity index (χ0v) is 24.9. The molecule has 0 bridgehead atoms. The Morgan fingerprint density at radius 3 is 2.20 bits per heavy atom. The first-order valence-electron chi connectivity index (χ1n) is 12.9. The minimum Gasteiger partial charge on any atom is -0.382 e. The van der Waals surface area contributed by atoms with Crippen LogP contribution in [0.2, 0.25) is 0 Å². The van der Waals surface area contributed by atoms with Gasteiger partial charge in [-0.3, -0.25) is 32.5 Å². The SMILES string of the molecule is Nc1nc2c(ncn2[C@@H]2O[C@@H]3COP(=O)(O)O[C@H]4[C@@H](F)[C@H](n5cnc6c(N)ncnc65)O[C@@H]4COP(O)(=S)O[C@H]3[C@H]2F)c(=O)[nH]1. The van der Waals surface area contributed by atoms with Gasteiger partial charge in [-0.2, -0.15) is 4.98 Å². The summed E-state index contributed by atoms with van der Waals surface area (Å²) in [4.78, 5) is 55.7. The number of rotatable bonds is 2. The molecule has 4 aromatic rings. The maximum absolute atomic E-state index is 16.0. The minimum absolute atomic E-state index is 0.0149. The van der Waals surface area contributed by atoms with Crippen molar-refractivity contribution in [1.82, 2.24) is 39.0 Å². The van der Waals surface area contributed by atoms with Crippen LogP contribution in [0.1, 0.15) is 12.5 Å². The number of phosphoric ester groups is 1. The molecule has 3 fully saturated rings. The zero-order valence-electron chi connectivity index (χ0n) is 22.3. The molecule has 3 aliphatic rings. The summed E-state index contributed by atoms with van der Waals surface area (Å²) in [6.45, 7) is -5.94. The molecule has 10 atom stereocenters. The van der Waals surface area contributed by atoms with E-state index in [0.29, 0.717) is 0 Å². The Kier molecular flexibility index (Phi) is 7.49. The summed E-state index contributed by atoms with van der Waals surface area (Å²) in [7, 11) is -5.12. The van der Waals surface area contributed by atoms with E-state index in [1.807, 2.05) is 0 Å². The number of nitrogens with zero attached hydrogens (tertiary/aromatic N) is 7. The Bertz CT molecular complexity index is 1950. The predicted octanol–water partition coefficient (Wildman–Crippen LogP) is -0.271. The second-order valence-corrected chi connectivity index (χ2v) is 14.2. The fourth-order valence-corrected chi connectivity index (χ4v) is 7.64. The molecule has 0 radical (unpaired) electrons. The van der Waals surface area contributed by atoms with E-state index in [2.05, 4.69) is 29.9 Å². The highest BCUT2D eigenvalue weighted by Gasteiger charge is 2.54. The quantitative estimate of drug-likeness (QED) is 0.169. The van der Waals surface area contributed by atoms with Gasteiger partial charge in [0.25, 0.3) is 5.56 Å². The van der Waals surface area contributed by atoms with Crippen LogP contribution in [-0.4, -0.2) is 98.8 Å². The molecule has 242 valence electrons. The second-order valence-electron chi connectivity index (χ2n) is 10.0. The van der Waals surface area contributed by atoms with Crippen molar-refractivity contribution >= 4 is 60.4 Å². The topological polar surface area (TPSA) is 272 Å². The van der Waals surface area contributed by atoms with Crippen LogP contribution in [-0.2, 0) is 43.9 Å². The molecule has 4 aromatic heterocycles. The van der Waals surface area contributed by atoms with Crippen molar-refractivity contribution in [3.63, 3.8) is 0 Å². The van der Waals surface area contributed by atoms with E-state index in [0.717, 1.165) is 17.2 Å². The fourth-order valence-electron chi connectivity index (χ4n) is 5.25. The first-order valence-corrected chi connectivity index (χ1v) is 17.0. The van der Waals surface area contributed by atoms with Gasteiger partial charge in [0, 0.05) is 0 Å². The van der Waals surface area contributed by atoms with Crippen molar-refractivity contribution in [3.05, 3.63) is 29.3 Å². The molecular formula is C20H22F2N10O10P2S. The van der Waals surface area contributed by atoms with Crippen LogP contribution in [0.3, 0.4) is 0 Å². The number of ether oxygens (including phenoxy) is 2. The van der Waals surface area contributed by atoms with Crippen LogP contribution in [0.5, 0.6) is 0 Å². The van der Waals surface area contributed by atoms with Gasteiger partial charge in [0.1, 0.15) is 36.3 Å². The lowest BCUT2D eigenvalue weighted by Crippen LogP contribution is -2.37. The van der Waals surface area contributed by atoms with Gasteiger partial charge in [-0.15, -0.1) is 0 Å². The molecule has 0 spiro atoms. The molecule has 2 unspecified atom stereocenters. The molecule has 0 aromatic carbocycles. The Balaban J connectivity index is 1.17. The zero-order chi connectivity index (χ0) is 31.8. The maximum Gasteiger partial charge on any atom is 0.472 e. The van der Waals surface area contributed by atoms with Crippen LogP contribution in [0.4, 0.5) is 20.5 Å². The van der Waals surface area contributed by atoms with Crippen molar-refractivity contribution in [2.45, 2.75) is 49.2 Å². The van der Waals surface area contributed by atoms with Gasteiger partial charge in [-0.05, 0) is 11.8 Å². The molecule has 25 heteroatoms. The number of nitrogen functional groups attached to an aromatic ring is 2. The molecule has 7 rings (SSSR count). The van der Waals surface area contributed by atoms with Gasteiger partial charge in [-0.1, -0.05) is 0 Å². The van der Waals surface area contributed by atoms with Crippen molar-refractivity contribution in [1.29, 1.82) is 0 Å². The summed E-state index contributed by atoms with van der Waals surface area (Å²) in [6.07, 6.45) is -10.6. The van der Waals surface area contributed by atoms with Crippen LogP contribution in [0, 0.1) is 0 Å². The minimum atomic E-state index is -5.12. The number of alkyl halides is 2. The lowest BCUT2D eigenvalue weighted by molar-refractivity contribution is -0.0623. The molecule has 0 amide bonds. The number of imidazole rings is 2. The molecule has 0 saturated carbocycles. The lowest BCUT2D eigenvalue weighted by Gasteiger charge is -2.28. The summed E-state index contributed by atoms with van der Waals surface area (Å²) in [5, 5.41) is 0. The largest absolute Gasteiger partial charge is 0.472 e. The van der Waals surface area contributed by atoms with Gasteiger partial charge >= 0.3 is 14.5 Å². The van der Waals surface area contributed by atoms with E-state index in [1.165, 1.54) is 10.9 Å². The van der Waals surface area contributed by atoms with Crippen LogP contribution >= 0.6 is 14.5 Å². The highest BCUT2D eigenvalue weighted by atomic mass is 32.5. The number of aromatic amines is 1. The van der Waals surface area contributed by atoms with E-state index >= 15 is 8.78 Å².